The van der Waals surface area contributed by atoms with Crippen LogP contribution in [0, 0.1) is 32.4 Å². The zero-order valence-corrected chi connectivity index (χ0v) is 22.4. The Kier molecular flexibility index (Phi) is 7.11. The highest BCUT2D eigenvalue weighted by Gasteiger charge is 2.54. The zero-order chi connectivity index (χ0) is 26.2. The highest BCUT2D eigenvalue weighted by atomic mass is 32.2. The predicted octanol–water partition coefficient (Wildman–Crippen LogP) is 6.64. The molecule has 0 spiro atoms. The van der Waals surface area contributed by atoms with Crippen LogP contribution in [0.1, 0.15) is 45.2 Å². The van der Waals surface area contributed by atoms with E-state index in [4.69, 9.17) is 10.8 Å². The summed E-state index contributed by atoms with van der Waals surface area (Å²) >= 11 is 2.83. The van der Waals surface area contributed by atoms with Gasteiger partial charge in [0.25, 0.3) is 0 Å². The first-order chi connectivity index (χ1) is 17.8. The second-order valence-corrected chi connectivity index (χ2v) is 11.4. The van der Waals surface area contributed by atoms with Gasteiger partial charge in [0.2, 0.25) is 5.13 Å². The molecule has 2 N–H and O–H groups in total. The highest BCUT2D eigenvalue weighted by Crippen LogP contribution is 2.59. The molecule has 1 aliphatic heterocycles. The molecule has 1 aromatic heterocycles. The number of thioether (sulfide) groups is 1. The number of hydrazone groups is 1. The van der Waals surface area contributed by atoms with E-state index >= 15 is 4.39 Å². The van der Waals surface area contributed by atoms with Crippen LogP contribution in [0.15, 0.2) is 71.8 Å². The smallest absolute Gasteiger partial charge is 0.230 e. The molecule has 37 heavy (non-hydrogen) atoms. The average molecular weight is 536 g/mol. The summed E-state index contributed by atoms with van der Waals surface area (Å²) in [6.45, 7) is 6.45. The van der Waals surface area contributed by atoms with Crippen molar-refractivity contribution in [1.29, 1.82) is 0 Å². The third-order valence-corrected chi connectivity index (χ3v) is 8.93. The van der Waals surface area contributed by atoms with E-state index in [0.29, 0.717) is 23.1 Å². The number of benzene rings is 3. The van der Waals surface area contributed by atoms with Gasteiger partial charge in [0, 0.05) is 11.5 Å². The van der Waals surface area contributed by atoms with E-state index in [1.54, 1.807) is 0 Å². The topological polar surface area (TPSA) is 67.4 Å². The number of aromatic nitrogens is 2. The monoisotopic (exact) mass is 535 g/mol. The molecule has 9 heteroatoms. The number of hydrogen-bond donors (Lipinski definition) is 1. The molecule has 0 amide bonds. The van der Waals surface area contributed by atoms with Gasteiger partial charge in [-0.2, -0.15) is 5.10 Å². The Balaban J connectivity index is 1.83. The first-order valence-corrected chi connectivity index (χ1v) is 13.6. The van der Waals surface area contributed by atoms with Crippen LogP contribution in [0.3, 0.4) is 0 Å². The Labute approximate surface area is 223 Å². The minimum Gasteiger partial charge on any atom is -0.330 e. The van der Waals surface area contributed by atoms with Crippen LogP contribution < -0.4 is 10.7 Å². The van der Waals surface area contributed by atoms with Crippen molar-refractivity contribution in [2.75, 3.05) is 11.6 Å². The third-order valence-electron chi connectivity index (χ3n) is 6.64. The van der Waals surface area contributed by atoms with Gasteiger partial charge >= 0.3 is 0 Å². The fourth-order valence-electron chi connectivity index (χ4n) is 4.96. The predicted molar refractivity (Wildman–Crippen MR) is 148 cm³/mol. The lowest BCUT2D eigenvalue weighted by Gasteiger charge is -2.43. The fraction of sp³-hybridized carbons (Fsp3) is 0.250. The standard InChI is InChI=1S/C28H27F2N5S2/c1-17-8-4-6-10-21(17)24(14-15-31)28(23-11-7-5-9-18(23)2)35(27-33-32-19(3)36-27)34-26(37-28)22-16-20(29)12-13-25(22)30/h4-13,16,24H,14-15,31H2,1-3H3. The molecule has 0 aliphatic carbocycles. The normalized spacial score (nSPS) is 18.2. The summed E-state index contributed by atoms with van der Waals surface area (Å²) in [4.78, 5) is -0.878. The van der Waals surface area contributed by atoms with Gasteiger partial charge in [0.1, 0.15) is 26.6 Å². The van der Waals surface area contributed by atoms with Gasteiger partial charge in [-0.1, -0.05) is 71.6 Å². The number of halogens is 2. The third kappa shape index (κ3) is 4.56. The van der Waals surface area contributed by atoms with Crippen LogP contribution >= 0.6 is 23.1 Å². The maximum Gasteiger partial charge on any atom is 0.230 e. The highest BCUT2D eigenvalue weighted by molar-refractivity contribution is 8.15. The minimum atomic E-state index is -0.878. The molecule has 5 rings (SSSR count). The second kappa shape index (κ2) is 10.3. The Morgan fingerprint density at radius 3 is 2.35 bits per heavy atom. The van der Waals surface area contributed by atoms with Gasteiger partial charge in [-0.15, -0.1) is 10.2 Å². The lowest BCUT2D eigenvalue weighted by molar-refractivity contribution is 0.448. The summed E-state index contributed by atoms with van der Waals surface area (Å²) in [5.41, 5.74) is 10.6. The van der Waals surface area contributed by atoms with Crippen molar-refractivity contribution in [3.05, 3.63) is 111 Å². The van der Waals surface area contributed by atoms with E-state index in [9.17, 15) is 4.39 Å². The fourth-order valence-corrected chi connectivity index (χ4v) is 7.34. The average Bonchev–Trinajstić information content (AvgIpc) is 3.49. The van der Waals surface area contributed by atoms with E-state index in [-0.39, 0.29) is 11.5 Å². The van der Waals surface area contributed by atoms with Crippen molar-refractivity contribution in [2.24, 2.45) is 10.8 Å². The van der Waals surface area contributed by atoms with Crippen LogP contribution in [0.25, 0.3) is 0 Å². The Bertz CT molecular complexity index is 1470. The minimum absolute atomic E-state index is 0.114. The zero-order valence-electron chi connectivity index (χ0n) is 20.8. The molecule has 2 atom stereocenters. The molecular formula is C28H27F2N5S2. The van der Waals surface area contributed by atoms with Crippen molar-refractivity contribution < 1.29 is 8.78 Å². The second-order valence-electron chi connectivity index (χ2n) is 9.04. The molecule has 0 saturated heterocycles. The summed E-state index contributed by atoms with van der Waals surface area (Å²) in [6, 6.07) is 19.8. The van der Waals surface area contributed by atoms with Gasteiger partial charge in [0.05, 0.1) is 0 Å². The first-order valence-electron chi connectivity index (χ1n) is 12.0. The molecule has 0 radical (unpaired) electrons. The quantitative estimate of drug-likeness (QED) is 0.287. The van der Waals surface area contributed by atoms with Crippen LogP contribution in [0.2, 0.25) is 0 Å². The van der Waals surface area contributed by atoms with Crippen molar-refractivity contribution in [1.82, 2.24) is 10.2 Å². The molecule has 2 unspecified atom stereocenters. The Morgan fingerprint density at radius 1 is 0.946 bits per heavy atom. The van der Waals surface area contributed by atoms with Crippen molar-refractivity contribution in [3.8, 4) is 0 Å². The van der Waals surface area contributed by atoms with E-state index in [2.05, 4.69) is 48.3 Å². The summed E-state index contributed by atoms with van der Waals surface area (Å²) in [5, 5.41) is 17.3. The molecule has 0 fully saturated rings. The maximum absolute atomic E-state index is 15.1. The number of nitrogens with two attached hydrogens (primary N) is 1. The van der Waals surface area contributed by atoms with Crippen LogP contribution in [-0.4, -0.2) is 21.8 Å². The van der Waals surface area contributed by atoms with Crippen molar-refractivity contribution in [3.63, 3.8) is 0 Å². The molecule has 190 valence electrons. The van der Waals surface area contributed by atoms with E-state index in [1.165, 1.54) is 29.2 Å². The number of anilines is 1. The molecule has 1 aliphatic rings. The van der Waals surface area contributed by atoms with Gasteiger partial charge in [-0.05, 0) is 74.2 Å². The van der Waals surface area contributed by atoms with Gasteiger partial charge in [0.15, 0.2) is 0 Å². The maximum atomic E-state index is 15.1. The molecular weight excluding hydrogens is 508 g/mol. The van der Waals surface area contributed by atoms with Crippen LogP contribution in [-0.2, 0) is 4.87 Å². The summed E-state index contributed by atoms with van der Waals surface area (Å²) in [7, 11) is 0. The molecule has 5 nitrogen and oxygen atoms in total. The molecule has 3 aromatic carbocycles. The van der Waals surface area contributed by atoms with E-state index < -0.39 is 16.5 Å². The van der Waals surface area contributed by atoms with Gasteiger partial charge < -0.3 is 5.73 Å². The summed E-state index contributed by atoms with van der Waals surface area (Å²) in [6.07, 6.45) is 0.634. The van der Waals surface area contributed by atoms with Crippen molar-refractivity contribution >= 4 is 33.3 Å². The molecule has 0 bridgehead atoms. The lowest BCUT2D eigenvalue weighted by Crippen LogP contribution is -2.44. The SMILES string of the molecule is Cc1nnc(N2N=C(c3cc(F)ccc3F)SC2(c2ccccc2C)C(CCN)c2ccccc2C)s1. The number of aryl methyl sites for hydroxylation is 3. The Hall–Kier alpha value is -3.14. The Morgan fingerprint density at radius 2 is 1.68 bits per heavy atom. The molecule has 0 saturated carbocycles. The van der Waals surface area contributed by atoms with Crippen LogP contribution in [0.5, 0.6) is 0 Å². The number of hydrogen-bond acceptors (Lipinski definition) is 7. The largest absolute Gasteiger partial charge is 0.330 e. The van der Waals surface area contributed by atoms with Gasteiger partial charge in [-0.25, -0.2) is 13.8 Å². The van der Waals surface area contributed by atoms with Gasteiger partial charge in [-0.3, -0.25) is 0 Å². The summed E-state index contributed by atoms with van der Waals surface area (Å²) in [5.74, 6) is -1.22. The summed E-state index contributed by atoms with van der Waals surface area (Å²) < 4.78 is 29.4. The lowest BCUT2D eigenvalue weighted by atomic mass is 9.80. The molecule has 2 heterocycles. The van der Waals surface area contributed by atoms with E-state index in [1.807, 2.05) is 36.2 Å². The number of nitrogens with zero attached hydrogens (tertiary/aromatic N) is 4. The first kappa shape index (κ1) is 25.5. The van der Waals surface area contributed by atoms with Crippen LogP contribution in [0.4, 0.5) is 13.9 Å². The van der Waals surface area contributed by atoms with E-state index in [0.717, 1.165) is 39.4 Å². The molecule has 4 aromatic rings. The van der Waals surface area contributed by atoms with Crippen molar-refractivity contribution in [2.45, 2.75) is 38.0 Å². The number of rotatable bonds is 7.